The van der Waals surface area contributed by atoms with E-state index in [1.54, 1.807) is 6.07 Å². The summed E-state index contributed by atoms with van der Waals surface area (Å²) in [6, 6.07) is 15.5. The number of hydrogen-bond donors (Lipinski definition) is 0. The van der Waals surface area contributed by atoms with Gasteiger partial charge in [0.1, 0.15) is 5.82 Å². The van der Waals surface area contributed by atoms with Gasteiger partial charge in [0.2, 0.25) is 0 Å². The first-order valence-electron chi connectivity index (χ1n) is 6.31. The van der Waals surface area contributed by atoms with Crippen molar-refractivity contribution in [3.63, 3.8) is 0 Å². The second-order valence-electron chi connectivity index (χ2n) is 4.54. The molecule has 0 spiro atoms. The van der Waals surface area contributed by atoms with Crippen LogP contribution >= 0.6 is 15.9 Å². The molecule has 2 rings (SSSR count). The molecule has 1 nitrogen and oxygen atoms in total. The van der Waals surface area contributed by atoms with E-state index in [1.165, 1.54) is 11.6 Å². The van der Waals surface area contributed by atoms with Gasteiger partial charge in [-0.1, -0.05) is 58.4 Å². The first-order chi connectivity index (χ1) is 9.22. The van der Waals surface area contributed by atoms with Gasteiger partial charge in [0.15, 0.2) is 0 Å². The highest BCUT2D eigenvalue weighted by molar-refractivity contribution is 9.08. The lowest BCUT2D eigenvalue weighted by molar-refractivity contribution is 0.620. The molecule has 0 N–H and O–H groups in total. The van der Waals surface area contributed by atoms with Gasteiger partial charge in [0, 0.05) is 18.9 Å². The average Bonchev–Trinajstić information content (AvgIpc) is 2.45. The summed E-state index contributed by atoms with van der Waals surface area (Å²) in [6.07, 6.45) is 0.910. The summed E-state index contributed by atoms with van der Waals surface area (Å²) in [5, 5.41) is 0.662. The van der Waals surface area contributed by atoms with Crippen LogP contribution in [0.25, 0.3) is 0 Å². The van der Waals surface area contributed by atoms with Crippen LogP contribution in [0.2, 0.25) is 0 Å². The molecule has 0 atom stereocenters. The van der Waals surface area contributed by atoms with E-state index in [0.717, 1.165) is 18.5 Å². The molecule has 2 aromatic rings. The van der Waals surface area contributed by atoms with Gasteiger partial charge in [0.25, 0.3) is 0 Å². The number of alkyl halides is 1. The van der Waals surface area contributed by atoms with Crippen LogP contribution in [-0.4, -0.2) is 13.6 Å². The Labute approximate surface area is 122 Å². The Bertz CT molecular complexity index is 528. The number of para-hydroxylation sites is 1. The van der Waals surface area contributed by atoms with Crippen LogP contribution in [-0.2, 0) is 11.8 Å². The topological polar surface area (TPSA) is 3.24 Å². The molecule has 100 valence electrons. The lowest BCUT2D eigenvalue weighted by Crippen LogP contribution is -2.22. The first-order valence-corrected chi connectivity index (χ1v) is 7.43. The predicted molar refractivity (Wildman–Crippen MR) is 82.4 cm³/mol. The Kier molecular flexibility index (Phi) is 4.97. The van der Waals surface area contributed by atoms with Gasteiger partial charge < -0.3 is 4.90 Å². The highest BCUT2D eigenvalue weighted by atomic mass is 79.9. The molecule has 0 radical (unpaired) electrons. The number of hydrogen-bond acceptors (Lipinski definition) is 1. The largest absolute Gasteiger partial charge is 0.372 e. The first kappa shape index (κ1) is 14.1. The van der Waals surface area contributed by atoms with Gasteiger partial charge in [0.05, 0.1) is 5.69 Å². The molecule has 0 saturated carbocycles. The maximum Gasteiger partial charge on any atom is 0.146 e. The van der Waals surface area contributed by atoms with Crippen LogP contribution in [0, 0.1) is 5.82 Å². The minimum Gasteiger partial charge on any atom is -0.372 e. The molecule has 0 aliphatic carbocycles. The number of benzene rings is 2. The molecule has 2 aromatic carbocycles. The lowest BCUT2D eigenvalue weighted by Gasteiger charge is -2.22. The summed E-state index contributed by atoms with van der Waals surface area (Å²) >= 11 is 3.41. The van der Waals surface area contributed by atoms with E-state index >= 15 is 0 Å². The van der Waals surface area contributed by atoms with Gasteiger partial charge in [-0.3, -0.25) is 0 Å². The third kappa shape index (κ3) is 3.57. The minimum atomic E-state index is -0.160. The van der Waals surface area contributed by atoms with E-state index in [2.05, 4.69) is 28.1 Å². The maximum absolute atomic E-state index is 14.0. The van der Waals surface area contributed by atoms with Crippen molar-refractivity contribution in [1.29, 1.82) is 0 Å². The molecular weight excluding hydrogens is 305 g/mol. The Morgan fingerprint density at radius 3 is 2.47 bits per heavy atom. The van der Waals surface area contributed by atoms with E-state index in [9.17, 15) is 4.39 Å². The second kappa shape index (κ2) is 6.71. The second-order valence-corrected chi connectivity index (χ2v) is 5.10. The van der Waals surface area contributed by atoms with Gasteiger partial charge >= 0.3 is 0 Å². The summed E-state index contributed by atoms with van der Waals surface area (Å²) in [5.74, 6) is -0.160. The lowest BCUT2D eigenvalue weighted by atomic mass is 10.1. The number of halogens is 2. The molecule has 0 aliphatic rings. The summed E-state index contributed by atoms with van der Waals surface area (Å²) in [4.78, 5) is 1.99. The molecule has 0 fully saturated rings. The van der Waals surface area contributed by atoms with Crippen molar-refractivity contribution >= 4 is 21.6 Å². The van der Waals surface area contributed by atoms with Crippen LogP contribution in [0.3, 0.4) is 0 Å². The fourth-order valence-corrected chi connectivity index (χ4v) is 2.60. The smallest absolute Gasteiger partial charge is 0.146 e. The highest BCUT2D eigenvalue weighted by Gasteiger charge is 2.12. The summed E-state index contributed by atoms with van der Waals surface area (Å²) in [7, 11) is 1.94. The van der Waals surface area contributed by atoms with Crippen LogP contribution < -0.4 is 4.90 Å². The normalized spacial score (nSPS) is 10.5. The van der Waals surface area contributed by atoms with Crippen molar-refractivity contribution in [3.05, 3.63) is 65.5 Å². The van der Waals surface area contributed by atoms with Crippen LogP contribution in [0.5, 0.6) is 0 Å². The predicted octanol–water partition coefficient (Wildman–Crippen LogP) is 4.40. The fourth-order valence-electron chi connectivity index (χ4n) is 2.15. The molecule has 0 saturated heterocycles. The van der Waals surface area contributed by atoms with Crippen molar-refractivity contribution in [2.24, 2.45) is 0 Å². The summed E-state index contributed by atoms with van der Waals surface area (Å²) in [6.45, 7) is 0.797. The molecule has 0 heterocycles. The SMILES string of the molecule is CN(CCc1ccccc1)c1c(F)cccc1CBr. The van der Waals surface area contributed by atoms with E-state index in [1.807, 2.05) is 36.2 Å². The molecule has 0 unspecified atom stereocenters. The maximum atomic E-state index is 14.0. The third-order valence-corrected chi connectivity index (χ3v) is 3.78. The Morgan fingerprint density at radius 2 is 1.79 bits per heavy atom. The van der Waals surface area contributed by atoms with Crippen molar-refractivity contribution in [1.82, 2.24) is 0 Å². The quantitative estimate of drug-likeness (QED) is 0.738. The summed E-state index contributed by atoms with van der Waals surface area (Å²) in [5.41, 5.74) is 2.94. The monoisotopic (exact) mass is 321 g/mol. The van der Waals surface area contributed by atoms with Gasteiger partial charge in [-0.2, -0.15) is 0 Å². The number of anilines is 1. The molecule has 0 bridgehead atoms. The number of likely N-dealkylation sites (N-methyl/N-ethyl adjacent to an activating group) is 1. The molecule has 3 heteroatoms. The highest BCUT2D eigenvalue weighted by Crippen LogP contribution is 2.25. The van der Waals surface area contributed by atoms with E-state index in [-0.39, 0.29) is 5.82 Å². The Morgan fingerprint density at radius 1 is 1.05 bits per heavy atom. The van der Waals surface area contributed by atoms with Gasteiger partial charge in [-0.25, -0.2) is 4.39 Å². The van der Waals surface area contributed by atoms with Crippen molar-refractivity contribution in [3.8, 4) is 0 Å². The Balaban J connectivity index is 2.10. The van der Waals surface area contributed by atoms with Crippen molar-refractivity contribution in [2.75, 3.05) is 18.5 Å². The van der Waals surface area contributed by atoms with E-state index in [0.29, 0.717) is 11.0 Å². The summed E-state index contributed by atoms with van der Waals surface area (Å²) < 4.78 is 14.0. The van der Waals surface area contributed by atoms with Gasteiger partial charge in [-0.05, 0) is 23.6 Å². The zero-order chi connectivity index (χ0) is 13.7. The number of nitrogens with zero attached hydrogens (tertiary/aromatic N) is 1. The molecule has 19 heavy (non-hydrogen) atoms. The zero-order valence-electron chi connectivity index (χ0n) is 10.9. The zero-order valence-corrected chi connectivity index (χ0v) is 12.5. The van der Waals surface area contributed by atoms with Crippen LogP contribution in [0.1, 0.15) is 11.1 Å². The van der Waals surface area contributed by atoms with E-state index < -0.39 is 0 Å². The van der Waals surface area contributed by atoms with E-state index in [4.69, 9.17) is 0 Å². The van der Waals surface area contributed by atoms with Crippen LogP contribution in [0.15, 0.2) is 48.5 Å². The minimum absolute atomic E-state index is 0.160. The van der Waals surface area contributed by atoms with Crippen molar-refractivity contribution < 1.29 is 4.39 Å². The van der Waals surface area contributed by atoms with Gasteiger partial charge in [-0.15, -0.1) is 0 Å². The van der Waals surface area contributed by atoms with Crippen molar-refractivity contribution in [2.45, 2.75) is 11.8 Å². The molecule has 0 aliphatic heterocycles. The third-order valence-electron chi connectivity index (χ3n) is 3.17. The Hall–Kier alpha value is -1.35. The average molecular weight is 322 g/mol. The fraction of sp³-hybridized carbons (Fsp3) is 0.250. The molecular formula is C16H17BrFN. The van der Waals surface area contributed by atoms with Crippen LogP contribution in [0.4, 0.5) is 10.1 Å². The molecule has 0 amide bonds. The molecule has 0 aromatic heterocycles. The number of rotatable bonds is 5. The standard InChI is InChI=1S/C16H17BrFN/c1-19(11-10-13-6-3-2-4-7-13)16-14(12-17)8-5-9-15(16)18/h2-9H,10-12H2,1H3.